The van der Waals surface area contributed by atoms with Gasteiger partial charge in [0.25, 0.3) is 0 Å². The fourth-order valence-electron chi connectivity index (χ4n) is 2.09. The fraction of sp³-hybridized carbons (Fsp3) is 0.500. The van der Waals surface area contributed by atoms with Crippen LogP contribution in [0.3, 0.4) is 0 Å². The van der Waals surface area contributed by atoms with Crippen molar-refractivity contribution in [2.24, 2.45) is 11.7 Å². The topological polar surface area (TPSA) is 35.2 Å². The zero-order chi connectivity index (χ0) is 12.4. The summed E-state index contributed by atoms with van der Waals surface area (Å²) in [4.78, 5) is 0. The molecule has 1 aromatic rings. The lowest BCUT2D eigenvalue weighted by Crippen LogP contribution is -2.29. The molecule has 2 rings (SSSR count). The van der Waals surface area contributed by atoms with Gasteiger partial charge in [-0.2, -0.15) is 0 Å². The van der Waals surface area contributed by atoms with E-state index in [0.29, 0.717) is 13.2 Å². The Balaban J connectivity index is 2.21. The maximum absolute atomic E-state index is 13.1. The van der Waals surface area contributed by atoms with Gasteiger partial charge in [-0.25, -0.2) is 13.2 Å². The second-order valence-corrected chi connectivity index (χ2v) is 4.30. The van der Waals surface area contributed by atoms with E-state index in [-0.39, 0.29) is 11.5 Å². The van der Waals surface area contributed by atoms with Gasteiger partial charge in [0.15, 0.2) is 17.5 Å². The molecular formula is C12H14F3NO. The van der Waals surface area contributed by atoms with Gasteiger partial charge in [0.2, 0.25) is 0 Å². The van der Waals surface area contributed by atoms with E-state index in [0.717, 1.165) is 25.0 Å². The van der Waals surface area contributed by atoms with Crippen LogP contribution in [0.4, 0.5) is 13.2 Å². The molecule has 5 heteroatoms. The minimum Gasteiger partial charge on any atom is -0.381 e. The molecule has 0 radical (unpaired) electrons. The maximum Gasteiger partial charge on any atom is 0.194 e. The first-order valence-corrected chi connectivity index (χ1v) is 5.57. The SMILES string of the molecule is NC(c1cc(F)c(F)c(F)c1)C1CCCOC1. The molecule has 0 saturated carbocycles. The molecule has 2 N–H and O–H groups in total. The van der Waals surface area contributed by atoms with Crippen LogP contribution in [0, 0.1) is 23.4 Å². The number of rotatable bonds is 2. The van der Waals surface area contributed by atoms with Crippen LogP contribution in [-0.4, -0.2) is 13.2 Å². The molecule has 2 unspecified atom stereocenters. The number of nitrogens with two attached hydrogens (primary N) is 1. The molecule has 0 aromatic heterocycles. The van der Waals surface area contributed by atoms with E-state index in [1.807, 2.05) is 0 Å². The Kier molecular flexibility index (Phi) is 3.69. The first-order chi connectivity index (χ1) is 8.09. The van der Waals surface area contributed by atoms with Crippen molar-refractivity contribution < 1.29 is 17.9 Å². The molecular weight excluding hydrogens is 231 g/mol. The molecule has 2 atom stereocenters. The van der Waals surface area contributed by atoms with Crippen molar-refractivity contribution in [2.75, 3.05) is 13.2 Å². The molecule has 0 amide bonds. The average Bonchev–Trinajstić information content (AvgIpc) is 2.35. The van der Waals surface area contributed by atoms with E-state index in [4.69, 9.17) is 10.5 Å². The summed E-state index contributed by atoms with van der Waals surface area (Å²) in [5.74, 6) is -3.84. The Morgan fingerprint density at radius 2 is 1.88 bits per heavy atom. The van der Waals surface area contributed by atoms with Gasteiger partial charge in [-0.3, -0.25) is 0 Å². The van der Waals surface area contributed by atoms with Gasteiger partial charge >= 0.3 is 0 Å². The van der Waals surface area contributed by atoms with E-state index in [2.05, 4.69) is 0 Å². The monoisotopic (exact) mass is 245 g/mol. The zero-order valence-electron chi connectivity index (χ0n) is 9.26. The van der Waals surface area contributed by atoms with Crippen LogP contribution in [0.25, 0.3) is 0 Å². The summed E-state index contributed by atoms with van der Waals surface area (Å²) in [5.41, 5.74) is 6.20. The smallest absolute Gasteiger partial charge is 0.194 e. The number of ether oxygens (including phenoxy) is 1. The van der Waals surface area contributed by atoms with E-state index in [1.165, 1.54) is 0 Å². The number of hydrogen-bond donors (Lipinski definition) is 1. The zero-order valence-corrected chi connectivity index (χ0v) is 9.26. The van der Waals surface area contributed by atoms with Crippen molar-refractivity contribution in [1.82, 2.24) is 0 Å². The van der Waals surface area contributed by atoms with Gasteiger partial charge in [-0.15, -0.1) is 0 Å². The van der Waals surface area contributed by atoms with Gasteiger partial charge in [0, 0.05) is 18.6 Å². The summed E-state index contributed by atoms with van der Waals surface area (Å²) in [6.45, 7) is 1.16. The first-order valence-electron chi connectivity index (χ1n) is 5.57. The highest BCUT2D eigenvalue weighted by Crippen LogP contribution is 2.28. The van der Waals surface area contributed by atoms with Crippen LogP contribution in [0.5, 0.6) is 0 Å². The van der Waals surface area contributed by atoms with Gasteiger partial charge < -0.3 is 10.5 Å². The van der Waals surface area contributed by atoms with E-state index < -0.39 is 23.5 Å². The predicted molar refractivity (Wildman–Crippen MR) is 56.8 cm³/mol. The lowest BCUT2D eigenvalue weighted by atomic mass is 9.89. The summed E-state index contributed by atoms with van der Waals surface area (Å²) in [6, 6.07) is 1.38. The van der Waals surface area contributed by atoms with Crippen LogP contribution in [0.1, 0.15) is 24.4 Å². The van der Waals surface area contributed by atoms with Crippen molar-refractivity contribution in [3.05, 3.63) is 35.1 Å². The fourth-order valence-corrected chi connectivity index (χ4v) is 2.09. The number of benzene rings is 1. The van der Waals surface area contributed by atoms with Gasteiger partial charge in [-0.1, -0.05) is 0 Å². The quantitative estimate of drug-likeness (QED) is 0.812. The van der Waals surface area contributed by atoms with Crippen molar-refractivity contribution >= 4 is 0 Å². The highest BCUT2D eigenvalue weighted by molar-refractivity contribution is 5.23. The second kappa shape index (κ2) is 5.06. The Hall–Kier alpha value is -1.07. The van der Waals surface area contributed by atoms with Crippen molar-refractivity contribution in [1.29, 1.82) is 0 Å². The molecule has 1 aliphatic heterocycles. The molecule has 94 valence electrons. The lowest BCUT2D eigenvalue weighted by Gasteiger charge is -2.27. The summed E-state index contributed by atoms with van der Waals surface area (Å²) < 4.78 is 44.2. The molecule has 17 heavy (non-hydrogen) atoms. The van der Waals surface area contributed by atoms with Crippen LogP contribution < -0.4 is 5.73 Å². The van der Waals surface area contributed by atoms with Crippen LogP contribution in [0.2, 0.25) is 0 Å². The molecule has 1 saturated heterocycles. The Morgan fingerprint density at radius 1 is 1.24 bits per heavy atom. The second-order valence-electron chi connectivity index (χ2n) is 4.30. The molecule has 1 heterocycles. The van der Waals surface area contributed by atoms with Crippen molar-refractivity contribution in [3.63, 3.8) is 0 Å². The Bertz CT molecular complexity index is 382. The maximum atomic E-state index is 13.1. The van der Waals surface area contributed by atoms with Crippen LogP contribution in [-0.2, 0) is 4.74 Å². The highest BCUT2D eigenvalue weighted by atomic mass is 19.2. The highest BCUT2D eigenvalue weighted by Gasteiger charge is 2.24. The number of halogens is 3. The van der Waals surface area contributed by atoms with E-state index >= 15 is 0 Å². The molecule has 2 nitrogen and oxygen atoms in total. The third-order valence-electron chi connectivity index (χ3n) is 3.09. The van der Waals surface area contributed by atoms with Gasteiger partial charge in [0.1, 0.15) is 0 Å². The summed E-state index contributed by atoms with van der Waals surface area (Å²) >= 11 is 0. The Morgan fingerprint density at radius 3 is 2.41 bits per heavy atom. The summed E-state index contributed by atoms with van der Waals surface area (Å²) in [5, 5.41) is 0. The number of hydrogen-bond acceptors (Lipinski definition) is 2. The van der Waals surface area contributed by atoms with Crippen molar-refractivity contribution in [3.8, 4) is 0 Å². The molecule has 0 spiro atoms. The van der Waals surface area contributed by atoms with Gasteiger partial charge in [-0.05, 0) is 30.5 Å². The lowest BCUT2D eigenvalue weighted by molar-refractivity contribution is 0.0447. The summed E-state index contributed by atoms with van der Waals surface area (Å²) in [6.07, 6.45) is 1.73. The third kappa shape index (κ3) is 2.61. The average molecular weight is 245 g/mol. The normalized spacial score (nSPS) is 22.5. The predicted octanol–water partition coefficient (Wildman–Crippen LogP) is 2.53. The summed E-state index contributed by atoms with van der Waals surface area (Å²) in [7, 11) is 0. The van der Waals surface area contributed by atoms with E-state index in [9.17, 15) is 13.2 Å². The molecule has 1 aromatic carbocycles. The molecule has 1 aliphatic rings. The third-order valence-corrected chi connectivity index (χ3v) is 3.09. The minimum absolute atomic E-state index is 0.0213. The largest absolute Gasteiger partial charge is 0.381 e. The molecule has 1 fully saturated rings. The van der Waals surface area contributed by atoms with E-state index in [1.54, 1.807) is 0 Å². The van der Waals surface area contributed by atoms with Crippen LogP contribution in [0.15, 0.2) is 12.1 Å². The first kappa shape index (κ1) is 12.4. The van der Waals surface area contributed by atoms with Crippen LogP contribution >= 0.6 is 0 Å². The minimum atomic E-state index is -1.46. The Labute approximate surface area is 97.6 Å². The molecule has 0 bridgehead atoms. The van der Waals surface area contributed by atoms with Crippen molar-refractivity contribution in [2.45, 2.75) is 18.9 Å². The standard InChI is InChI=1S/C12H14F3NO/c13-9-4-8(5-10(14)11(9)15)12(16)7-2-1-3-17-6-7/h4-5,7,12H,1-3,6,16H2. The molecule has 0 aliphatic carbocycles. The van der Waals surface area contributed by atoms with Gasteiger partial charge in [0.05, 0.1) is 6.61 Å².